The summed E-state index contributed by atoms with van der Waals surface area (Å²) < 4.78 is 0. The lowest BCUT2D eigenvalue weighted by Gasteiger charge is -2.13. The van der Waals surface area contributed by atoms with Crippen LogP contribution in [0.3, 0.4) is 0 Å². The first-order chi connectivity index (χ1) is 9.31. The second-order valence-electron chi connectivity index (χ2n) is 4.67. The SMILES string of the molecule is CSCCCNCC(O)c1ccc2ccccc2c1. The molecule has 0 saturated carbocycles. The van der Waals surface area contributed by atoms with Gasteiger partial charge in [0.05, 0.1) is 6.10 Å². The first-order valence-corrected chi connectivity index (χ1v) is 8.07. The van der Waals surface area contributed by atoms with Crippen LogP contribution >= 0.6 is 11.8 Å². The van der Waals surface area contributed by atoms with Gasteiger partial charge in [0.15, 0.2) is 0 Å². The van der Waals surface area contributed by atoms with E-state index in [0.717, 1.165) is 18.5 Å². The monoisotopic (exact) mass is 275 g/mol. The molecule has 0 aromatic heterocycles. The lowest BCUT2D eigenvalue weighted by molar-refractivity contribution is 0.175. The second kappa shape index (κ2) is 7.53. The summed E-state index contributed by atoms with van der Waals surface area (Å²) in [5.41, 5.74) is 0.982. The molecule has 0 amide bonds. The normalized spacial score (nSPS) is 12.7. The number of nitrogens with one attached hydrogen (secondary N) is 1. The number of rotatable bonds is 7. The number of aliphatic hydroxyl groups excluding tert-OH is 1. The van der Waals surface area contributed by atoms with Gasteiger partial charge in [-0.3, -0.25) is 0 Å². The smallest absolute Gasteiger partial charge is 0.0914 e. The molecule has 2 rings (SSSR count). The van der Waals surface area contributed by atoms with Crippen molar-refractivity contribution < 1.29 is 5.11 Å². The topological polar surface area (TPSA) is 32.3 Å². The maximum absolute atomic E-state index is 10.2. The summed E-state index contributed by atoms with van der Waals surface area (Å²) in [6.07, 6.45) is 2.83. The van der Waals surface area contributed by atoms with Crippen LogP contribution in [0, 0.1) is 0 Å². The van der Waals surface area contributed by atoms with Crippen LogP contribution in [0.4, 0.5) is 0 Å². The van der Waals surface area contributed by atoms with Gasteiger partial charge in [0.1, 0.15) is 0 Å². The summed E-state index contributed by atoms with van der Waals surface area (Å²) in [7, 11) is 0. The van der Waals surface area contributed by atoms with E-state index in [0.29, 0.717) is 6.54 Å². The van der Waals surface area contributed by atoms with E-state index < -0.39 is 6.10 Å². The Labute approximate surface area is 119 Å². The Bertz CT molecular complexity index is 515. The molecule has 0 radical (unpaired) electrons. The fourth-order valence-electron chi connectivity index (χ4n) is 2.11. The number of hydrogen-bond acceptors (Lipinski definition) is 3. The Kier molecular flexibility index (Phi) is 5.70. The highest BCUT2D eigenvalue weighted by atomic mass is 32.2. The molecule has 0 spiro atoms. The molecule has 0 aliphatic rings. The molecule has 0 saturated heterocycles. The van der Waals surface area contributed by atoms with Gasteiger partial charge in [-0.1, -0.05) is 36.4 Å². The van der Waals surface area contributed by atoms with Gasteiger partial charge in [0.2, 0.25) is 0 Å². The van der Waals surface area contributed by atoms with Crippen molar-refractivity contribution in [3.05, 3.63) is 48.0 Å². The molecule has 2 nitrogen and oxygen atoms in total. The molecule has 1 unspecified atom stereocenters. The molecular formula is C16H21NOS. The second-order valence-corrected chi connectivity index (χ2v) is 5.66. The van der Waals surface area contributed by atoms with Gasteiger partial charge in [-0.05, 0) is 47.4 Å². The highest BCUT2D eigenvalue weighted by Gasteiger charge is 2.07. The molecule has 2 aromatic rings. The predicted molar refractivity (Wildman–Crippen MR) is 84.8 cm³/mol. The lowest BCUT2D eigenvalue weighted by atomic mass is 10.0. The van der Waals surface area contributed by atoms with Crippen molar-refractivity contribution in [2.24, 2.45) is 0 Å². The van der Waals surface area contributed by atoms with E-state index in [1.54, 1.807) is 0 Å². The lowest BCUT2D eigenvalue weighted by Crippen LogP contribution is -2.22. The number of hydrogen-bond donors (Lipinski definition) is 2. The van der Waals surface area contributed by atoms with E-state index in [9.17, 15) is 5.11 Å². The van der Waals surface area contributed by atoms with E-state index in [1.165, 1.54) is 16.5 Å². The molecule has 19 heavy (non-hydrogen) atoms. The van der Waals surface area contributed by atoms with Crippen molar-refractivity contribution >= 4 is 22.5 Å². The largest absolute Gasteiger partial charge is 0.387 e. The zero-order valence-electron chi connectivity index (χ0n) is 11.3. The minimum Gasteiger partial charge on any atom is -0.387 e. The van der Waals surface area contributed by atoms with E-state index in [-0.39, 0.29) is 0 Å². The van der Waals surface area contributed by atoms with Crippen molar-refractivity contribution in [3.63, 3.8) is 0 Å². The highest BCUT2D eigenvalue weighted by molar-refractivity contribution is 7.98. The summed E-state index contributed by atoms with van der Waals surface area (Å²) in [4.78, 5) is 0. The maximum atomic E-state index is 10.2. The van der Waals surface area contributed by atoms with Gasteiger partial charge in [-0.2, -0.15) is 11.8 Å². The third-order valence-corrected chi connectivity index (χ3v) is 3.89. The van der Waals surface area contributed by atoms with E-state index in [4.69, 9.17) is 0 Å². The van der Waals surface area contributed by atoms with Gasteiger partial charge in [-0.25, -0.2) is 0 Å². The first kappa shape index (κ1) is 14.4. The Morgan fingerprint density at radius 2 is 1.95 bits per heavy atom. The molecule has 0 aliphatic carbocycles. The van der Waals surface area contributed by atoms with Crippen LogP contribution in [0.1, 0.15) is 18.1 Å². The first-order valence-electron chi connectivity index (χ1n) is 6.67. The van der Waals surface area contributed by atoms with Gasteiger partial charge < -0.3 is 10.4 Å². The van der Waals surface area contributed by atoms with Crippen LogP contribution in [0.25, 0.3) is 10.8 Å². The summed E-state index contributed by atoms with van der Waals surface area (Å²) >= 11 is 1.86. The molecule has 0 heterocycles. The fourth-order valence-corrected chi connectivity index (χ4v) is 2.55. The average molecular weight is 275 g/mol. The van der Waals surface area contributed by atoms with Gasteiger partial charge >= 0.3 is 0 Å². The predicted octanol–water partition coefficient (Wildman–Crippen LogP) is 3.22. The van der Waals surface area contributed by atoms with Crippen molar-refractivity contribution in [3.8, 4) is 0 Å². The Balaban J connectivity index is 1.91. The third kappa shape index (κ3) is 4.23. The van der Waals surface area contributed by atoms with Crippen molar-refractivity contribution in [2.75, 3.05) is 25.1 Å². The Hall–Kier alpha value is -1.03. The molecule has 102 valence electrons. The zero-order chi connectivity index (χ0) is 13.5. The van der Waals surface area contributed by atoms with Crippen molar-refractivity contribution in [1.29, 1.82) is 0 Å². The van der Waals surface area contributed by atoms with Crippen LogP contribution in [0.2, 0.25) is 0 Å². The molecule has 1 atom stereocenters. The molecule has 0 bridgehead atoms. The third-order valence-electron chi connectivity index (χ3n) is 3.20. The number of fused-ring (bicyclic) bond motifs is 1. The molecule has 2 aromatic carbocycles. The van der Waals surface area contributed by atoms with Gasteiger partial charge in [0, 0.05) is 6.54 Å². The van der Waals surface area contributed by atoms with Crippen LogP contribution in [0.15, 0.2) is 42.5 Å². The van der Waals surface area contributed by atoms with Crippen LogP contribution in [0.5, 0.6) is 0 Å². The van der Waals surface area contributed by atoms with E-state index in [2.05, 4.69) is 35.8 Å². The minimum atomic E-state index is -0.432. The quantitative estimate of drug-likeness (QED) is 0.761. The summed E-state index contributed by atoms with van der Waals surface area (Å²) in [5, 5.41) is 15.9. The summed E-state index contributed by atoms with van der Waals surface area (Å²) in [6.45, 7) is 1.58. The highest BCUT2D eigenvalue weighted by Crippen LogP contribution is 2.19. The van der Waals surface area contributed by atoms with E-state index >= 15 is 0 Å². The minimum absolute atomic E-state index is 0.432. The molecule has 3 heteroatoms. The molecule has 2 N–H and O–H groups in total. The average Bonchev–Trinajstić information content (AvgIpc) is 2.46. The van der Waals surface area contributed by atoms with Gasteiger partial charge in [-0.15, -0.1) is 0 Å². The van der Waals surface area contributed by atoms with Gasteiger partial charge in [0.25, 0.3) is 0 Å². The summed E-state index contributed by atoms with van der Waals surface area (Å²) in [5.74, 6) is 1.17. The number of thioether (sulfide) groups is 1. The zero-order valence-corrected chi connectivity index (χ0v) is 12.1. The number of benzene rings is 2. The maximum Gasteiger partial charge on any atom is 0.0914 e. The summed E-state index contributed by atoms with van der Waals surface area (Å²) in [6, 6.07) is 14.4. The van der Waals surface area contributed by atoms with E-state index in [1.807, 2.05) is 30.0 Å². The van der Waals surface area contributed by atoms with Crippen LogP contribution < -0.4 is 5.32 Å². The van der Waals surface area contributed by atoms with Crippen molar-refractivity contribution in [1.82, 2.24) is 5.32 Å². The molecular weight excluding hydrogens is 254 g/mol. The molecule has 0 fully saturated rings. The van der Waals surface area contributed by atoms with Crippen molar-refractivity contribution in [2.45, 2.75) is 12.5 Å². The Morgan fingerprint density at radius 1 is 1.16 bits per heavy atom. The van der Waals surface area contributed by atoms with Crippen LogP contribution in [-0.2, 0) is 0 Å². The number of aliphatic hydroxyl groups is 1. The molecule has 0 aliphatic heterocycles. The fraction of sp³-hybridized carbons (Fsp3) is 0.375. The Morgan fingerprint density at radius 3 is 2.74 bits per heavy atom. The standard InChI is InChI=1S/C16H21NOS/c1-19-10-4-9-17-12-16(18)15-8-7-13-5-2-3-6-14(13)11-15/h2-3,5-8,11,16-18H,4,9-10,12H2,1H3. The van der Waals surface area contributed by atoms with Crippen LogP contribution in [-0.4, -0.2) is 30.2 Å².